The second-order valence-corrected chi connectivity index (χ2v) is 3.64. The lowest BCUT2D eigenvalue weighted by atomic mass is 9.79. The second-order valence-electron chi connectivity index (χ2n) is 3.64. The largest absolute Gasteiger partial charge is 0.488 e. The fourth-order valence-corrected chi connectivity index (χ4v) is 1.43. The Morgan fingerprint density at radius 2 is 2.07 bits per heavy atom. The van der Waals surface area contributed by atoms with E-state index >= 15 is 0 Å². The number of hydrogen-bond donors (Lipinski definition) is 2. The molecular formula is C10H11BO3. The summed E-state index contributed by atoms with van der Waals surface area (Å²) in [7, 11) is -1.50. The van der Waals surface area contributed by atoms with Crippen LogP contribution in [0.5, 0.6) is 0 Å². The van der Waals surface area contributed by atoms with E-state index in [2.05, 4.69) is 0 Å². The molecule has 1 aromatic carbocycles. The maximum atomic E-state index is 11.6. The van der Waals surface area contributed by atoms with Crippen LogP contribution in [0.1, 0.15) is 23.2 Å². The summed E-state index contributed by atoms with van der Waals surface area (Å²) < 4.78 is 0. The van der Waals surface area contributed by atoms with Crippen LogP contribution >= 0.6 is 0 Å². The minimum Gasteiger partial charge on any atom is -0.423 e. The van der Waals surface area contributed by atoms with Crippen LogP contribution in [0.4, 0.5) is 0 Å². The minimum atomic E-state index is -1.50. The van der Waals surface area contributed by atoms with E-state index in [-0.39, 0.29) is 11.7 Å². The average Bonchev–Trinajstić information content (AvgIpc) is 3.00. The van der Waals surface area contributed by atoms with E-state index in [1.807, 2.05) is 0 Å². The van der Waals surface area contributed by atoms with Crippen LogP contribution in [0.3, 0.4) is 0 Å². The van der Waals surface area contributed by atoms with E-state index in [0.29, 0.717) is 11.0 Å². The first-order valence-corrected chi connectivity index (χ1v) is 4.69. The lowest BCUT2D eigenvalue weighted by Crippen LogP contribution is -2.30. The smallest absolute Gasteiger partial charge is 0.423 e. The topological polar surface area (TPSA) is 57.5 Å². The van der Waals surface area contributed by atoms with Crippen LogP contribution in [0.2, 0.25) is 0 Å². The highest BCUT2D eigenvalue weighted by atomic mass is 16.4. The fourth-order valence-electron chi connectivity index (χ4n) is 1.43. The Morgan fingerprint density at radius 1 is 1.36 bits per heavy atom. The SMILES string of the molecule is O=C(c1cccc(B(O)O)c1)C1CC1. The molecule has 0 amide bonds. The predicted molar refractivity (Wildman–Crippen MR) is 53.3 cm³/mol. The van der Waals surface area contributed by atoms with E-state index in [1.54, 1.807) is 24.3 Å². The lowest BCUT2D eigenvalue weighted by Gasteiger charge is -2.02. The summed E-state index contributed by atoms with van der Waals surface area (Å²) in [6, 6.07) is 6.52. The molecule has 0 spiro atoms. The molecule has 1 aromatic rings. The van der Waals surface area contributed by atoms with Gasteiger partial charge in [-0.15, -0.1) is 0 Å². The van der Waals surface area contributed by atoms with Crippen molar-refractivity contribution >= 4 is 18.4 Å². The van der Waals surface area contributed by atoms with E-state index in [9.17, 15) is 4.79 Å². The van der Waals surface area contributed by atoms with Crippen molar-refractivity contribution in [3.05, 3.63) is 29.8 Å². The quantitative estimate of drug-likeness (QED) is 0.519. The third-order valence-corrected chi connectivity index (χ3v) is 2.42. The zero-order valence-electron chi connectivity index (χ0n) is 7.68. The normalized spacial score (nSPS) is 15.3. The molecule has 0 radical (unpaired) electrons. The van der Waals surface area contributed by atoms with E-state index in [1.165, 1.54) is 0 Å². The van der Waals surface area contributed by atoms with Crippen molar-refractivity contribution in [1.29, 1.82) is 0 Å². The molecule has 1 aliphatic rings. The van der Waals surface area contributed by atoms with Crippen molar-refractivity contribution in [2.24, 2.45) is 5.92 Å². The van der Waals surface area contributed by atoms with Crippen molar-refractivity contribution in [2.75, 3.05) is 0 Å². The van der Waals surface area contributed by atoms with Crippen LogP contribution in [-0.2, 0) is 0 Å². The third kappa shape index (κ3) is 1.86. The third-order valence-electron chi connectivity index (χ3n) is 2.42. The van der Waals surface area contributed by atoms with Crippen molar-refractivity contribution in [1.82, 2.24) is 0 Å². The molecule has 0 atom stereocenters. The molecule has 0 bridgehead atoms. The Labute approximate surface area is 82.5 Å². The predicted octanol–water partition coefficient (Wildman–Crippen LogP) is -0.0409. The lowest BCUT2D eigenvalue weighted by molar-refractivity contribution is 0.0968. The standard InChI is InChI=1S/C10H11BO3/c12-10(7-4-5-7)8-2-1-3-9(6-8)11(13)14/h1-3,6-7,13-14H,4-5H2. The van der Waals surface area contributed by atoms with E-state index in [4.69, 9.17) is 10.0 Å². The highest BCUT2D eigenvalue weighted by Crippen LogP contribution is 2.32. The van der Waals surface area contributed by atoms with Gasteiger partial charge in [-0.25, -0.2) is 0 Å². The van der Waals surface area contributed by atoms with Gasteiger partial charge in [0.1, 0.15) is 0 Å². The van der Waals surface area contributed by atoms with Gasteiger partial charge in [0, 0.05) is 11.5 Å². The molecule has 0 heterocycles. The number of hydrogen-bond acceptors (Lipinski definition) is 3. The molecule has 0 saturated heterocycles. The van der Waals surface area contributed by atoms with Gasteiger partial charge < -0.3 is 10.0 Å². The number of Topliss-reactive ketones (excluding diaryl/α,β-unsaturated/α-hetero) is 1. The summed E-state index contributed by atoms with van der Waals surface area (Å²) in [4.78, 5) is 11.6. The van der Waals surface area contributed by atoms with Gasteiger partial charge in [-0.05, 0) is 18.3 Å². The Hall–Kier alpha value is -1.13. The molecule has 1 aliphatic carbocycles. The van der Waals surface area contributed by atoms with Gasteiger partial charge in [-0.2, -0.15) is 0 Å². The van der Waals surface area contributed by atoms with Crippen molar-refractivity contribution < 1.29 is 14.8 Å². The summed E-state index contributed by atoms with van der Waals surface area (Å²) >= 11 is 0. The zero-order valence-corrected chi connectivity index (χ0v) is 7.68. The van der Waals surface area contributed by atoms with Crippen LogP contribution in [0.15, 0.2) is 24.3 Å². The second kappa shape index (κ2) is 3.56. The molecule has 14 heavy (non-hydrogen) atoms. The number of carbonyl (C=O) groups is 1. The molecule has 4 heteroatoms. The molecule has 2 N–H and O–H groups in total. The minimum absolute atomic E-state index is 0.118. The maximum Gasteiger partial charge on any atom is 0.488 e. The fraction of sp³-hybridized carbons (Fsp3) is 0.300. The van der Waals surface area contributed by atoms with Gasteiger partial charge in [0.25, 0.3) is 0 Å². The number of carbonyl (C=O) groups excluding carboxylic acids is 1. The van der Waals surface area contributed by atoms with Crippen LogP contribution in [0.25, 0.3) is 0 Å². The Bertz CT molecular complexity index is 358. The molecular weight excluding hydrogens is 179 g/mol. The highest BCUT2D eigenvalue weighted by Gasteiger charge is 2.30. The Balaban J connectivity index is 2.25. The summed E-state index contributed by atoms with van der Waals surface area (Å²) in [6.45, 7) is 0. The van der Waals surface area contributed by atoms with Crippen LogP contribution in [-0.4, -0.2) is 22.9 Å². The monoisotopic (exact) mass is 190 g/mol. The number of rotatable bonds is 3. The average molecular weight is 190 g/mol. The summed E-state index contributed by atoms with van der Waals surface area (Å²) in [5.74, 6) is 0.286. The molecule has 0 unspecified atom stereocenters. The van der Waals surface area contributed by atoms with Gasteiger partial charge in [-0.1, -0.05) is 24.3 Å². The molecule has 1 fully saturated rings. The number of ketones is 1. The first-order valence-electron chi connectivity index (χ1n) is 4.69. The molecule has 72 valence electrons. The van der Waals surface area contributed by atoms with Crippen molar-refractivity contribution in [3.8, 4) is 0 Å². The van der Waals surface area contributed by atoms with E-state index < -0.39 is 7.12 Å². The van der Waals surface area contributed by atoms with Gasteiger partial charge in [0.2, 0.25) is 0 Å². The van der Waals surface area contributed by atoms with Crippen molar-refractivity contribution in [2.45, 2.75) is 12.8 Å². The molecule has 1 saturated carbocycles. The van der Waals surface area contributed by atoms with Crippen LogP contribution < -0.4 is 5.46 Å². The first kappa shape index (κ1) is 9.43. The highest BCUT2D eigenvalue weighted by molar-refractivity contribution is 6.58. The zero-order chi connectivity index (χ0) is 10.1. The van der Waals surface area contributed by atoms with Crippen molar-refractivity contribution in [3.63, 3.8) is 0 Å². The summed E-state index contributed by atoms with van der Waals surface area (Å²) in [5.41, 5.74) is 0.953. The molecule has 3 nitrogen and oxygen atoms in total. The van der Waals surface area contributed by atoms with Gasteiger partial charge >= 0.3 is 7.12 Å². The summed E-state index contributed by atoms with van der Waals surface area (Å²) in [5, 5.41) is 17.9. The summed E-state index contributed by atoms with van der Waals surface area (Å²) in [6.07, 6.45) is 1.93. The first-order chi connectivity index (χ1) is 6.68. The number of benzene rings is 1. The van der Waals surface area contributed by atoms with E-state index in [0.717, 1.165) is 12.8 Å². The van der Waals surface area contributed by atoms with Crippen LogP contribution in [0, 0.1) is 5.92 Å². The molecule has 2 rings (SSSR count). The Kier molecular flexibility index (Phi) is 2.39. The molecule has 0 aliphatic heterocycles. The Morgan fingerprint density at radius 3 is 2.64 bits per heavy atom. The maximum absolute atomic E-state index is 11.6. The van der Waals surface area contributed by atoms with Gasteiger partial charge in [0.05, 0.1) is 0 Å². The molecule has 0 aromatic heterocycles. The van der Waals surface area contributed by atoms with Gasteiger partial charge in [0.15, 0.2) is 5.78 Å². The van der Waals surface area contributed by atoms with Gasteiger partial charge in [-0.3, -0.25) is 4.79 Å².